The third-order valence-corrected chi connectivity index (χ3v) is 5.77. The number of esters is 1. The maximum atomic E-state index is 13.3. The number of hydrogen-bond donors (Lipinski definition) is 2. The zero-order valence-corrected chi connectivity index (χ0v) is 19.7. The lowest BCUT2D eigenvalue weighted by molar-refractivity contribution is -0.153. The number of rotatable bonds is 9. The molecule has 178 valence electrons. The average Bonchev–Trinajstić information content (AvgIpc) is 2.80. The zero-order valence-electron chi connectivity index (χ0n) is 18.9. The average molecular weight is 475 g/mol. The highest BCUT2D eigenvalue weighted by atomic mass is 35.5. The van der Waals surface area contributed by atoms with E-state index in [0.29, 0.717) is 12.8 Å². The number of carbonyl (C=O) groups excluding carboxylic acids is 2. The Morgan fingerprint density at radius 1 is 1.09 bits per heavy atom. The first kappa shape index (κ1) is 26.4. The van der Waals surface area contributed by atoms with Crippen molar-refractivity contribution >= 4 is 30.3 Å². The second-order valence-corrected chi connectivity index (χ2v) is 8.01. The molecule has 0 aromatic heterocycles. The second kappa shape index (κ2) is 12.4. The Morgan fingerprint density at radius 2 is 1.73 bits per heavy atom. The van der Waals surface area contributed by atoms with Crippen LogP contribution in [0.15, 0.2) is 54.6 Å². The molecule has 0 fully saturated rings. The van der Waals surface area contributed by atoms with Gasteiger partial charge in [-0.3, -0.25) is 14.9 Å². The SMILES string of the molecule is CCOC(=O)[C@H](CCc1ccccc1)N[C@H](C)C(=O)N1Cc2ccccc2C[C@H]1C(=O)O.Cl. The van der Waals surface area contributed by atoms with Crippen LogP contribution in [0, 0.1) is 0 Å². The van der Waals surface area contributed by atoms with Gasteiger partial charge >= 0.3 is 11.9 Å². The van der Waals surface area contributed by atoms with Crippen molar-refractivity contribution in [2.45, 2.75) is 57.8 Å². The minimum atomic E-state index is -1.04. The highest BCUT2D eigenvalue weighted by Gasteiger charge is 2.37. The molecule has 0 spiro atoms. The number of aryl methyl sites for hydroxylation is 1. The number of benzene rings is 2. The summed E-state index contributed by atoms with van der Waals surface area (Å²) in [5, 5.41) is 12.8. The second-order valence-electron chi connectivity index (χ2n) is 8.01. The number of fused-ring (bicyclic) bond motifs is 1. The molecule has 1 amide bonds. The summed E-state index contributed by atoms with van der Waals surface area (Å²) in [5.74, 6) is -1.80. The molecule has 1 heterocycles. The van der Waals surface area contributed by atoms with Gasteiger partial charge in [-0.25, -0.2) is 4.79 Å². The fourth-order valence-electron chi connectivity index (χ4n) is 4.06. The first-order chi connectivity index (χ1) is 15.4. The molecule has 33 heavy (non-hydrogen) atoms. The van der Waals surface area contributed by atoms with E-state index in [4.69, 9.17) is 4.74 Å². The van der Waals surface area contributed by atoms with Gasteiger partial charge in [0.05, 0.1) is 12.6 Å². The van der Waals surface area contributed by atoms with E-state index in [1.54, 1.807) is 13.8 Å². The highest BCUT2D eigenvalue weighted by molar-refractivity contribution is 5.88. The van der Waals surface area contributed by atoms with Crippen LogP contribution in [0.2, 0.25) is 0 Å². The van der Waals surface area contributed by atoms with Crippen LogP contribution in [-0.2, 0) is 38.5 Å². The maximum Gasteiger partial charge on any atom is 0.326 e. The van der Waals surface area contributed by atoms with Gasteiger partial charge in [0.15, 0.2) is 0 Å². The van der Waals surface area contributed by atoms with E-state index >= 15 is 0 Å². The summed E-state index contributed by atoms with van der Waals surface area (Å²) in [7, 11) is 0. The lowest BCUT2D eigenvalue weighted by Crippen LogP contribution is -2.56. The molecule has 0 saturated carbocycles. The highest BCUT2D eigenvalue weighted by Crippen LogP contribution is 2.24. The summed E-state index contributed by atoms with van der Waals surface area (Å²) < 4.78 is 5.20. The van der Waals surface area contributed by atoms with E-state index in [9.17, 15) is 19.5 Å². The topological polar surface area (TPSA) is 95.9 Å². The minimum absolute atomic E-state index is 0. The number of hydrogen-bond acceptors (Lipinski definition) is 5. The van der Waals surface area contributed by atoms with E-state index in [2.05, 4.69) is 5.32 Å². The summed E-state index contributed by atoms with van der Waals surface area (Å²) >= 11 is 0. The van der Waals surface area contributed by atoms with Crippen LogP contribution in [0.1, 0.15) is 37.0 Å². The van der Waals surface area contributed by atoms with E-state index in [1.807, 2.05) is 54.6 Å². The summed E-state index contributed by atoms with van der Waals surface area (Å²) in [4.78, 5) is 39.1. The Kier molecular flexibility index (Phi) is 9.88. The normalized spacial score (nSPS) is 16.7. The standard InChI is InChI=1S/C25H30N2O5.ClH/c1-3-32-25(31)21(14-13-18-9-5-4-6-10-18)26-17(2)23(28)27-16-20-12-8-7-11-19(20)15-22(27)24(29)30;/h4-12,17,21-22,26H,3,13-16H2,1-2H3,(H,29,30);1H/t17-,21+,22+;/m1./s1. The Labute approximate surface area is 200 Å². The Morgan fingerprint density at radius 3 is 2.36 bits per heavy atom. The van der Waals surface area contributed by atoms with Crippen molar-refractivity contribution in [2.24, 2.45) is 0 Å². The molecule has 0 saturated heterocycles. The van der Waals surface area contributed by atoms with Crippen LogP contribution < -0.4 is 5.32 Å². The van der Waals surface area contributed by atoms with E-state index in [-0.39, 0.29) is 37.9 Å². The summed E-state index contributed by atoms with van der Waals surface area (Å²) in [6.45, 7) is 3.88. The number of aliphatic carboxylic acids is 1. The van der Waals surface area contributed by atoms with E-state index in [1.165, 1.54) is 4.90 Å². The molecule has 0 aliphatic carbocycles. The largest absolute Gasteiger partial charge is 0.480 e. The minimum Gasteiger partial charge on any atom is -0.480 e. The number of nitrogens with zero attached hydrogens (tertiary/aromatic N) is 1. The fraction of sp³-hybridized carbons (Fsp3) is 0.400. The number of ether oxygens (including phenoxy) is 1. The molecule has 1 aliphatic rings. The number of nitrogens with one attached hydrogen (secondary N) is 1. The summed E-state index contributed by atoms with van der Waals surface area (Å²) in [6, 6.07) is 15.0. The first-order valence-corrected chi connectivity index (χ1v) is 11.0. The fourth-order valence-corrected chi connectivity index (χ4v) is 4.06. The molecule has 7 nitrogen and oxygen atoms in total. The molecule has 2 aromatic carbocycles. The number of carboxylic acids is 1. The van der Waals surface area contributed by atoms with Gasteiger partial charge in [0.2, 0.25) is 5.91 Å². The van der Waals surface area contributed by atoms with Crippen LogP contribution >= 0.6 is 12.4 Å². The summed E-state index contributed by atoms with van der Waals surface area (Å²) in [5.41, 5.74) is 2.97. The van der Waals surface area contributed by atoms with Crippen LogP contribution in [0.5, 0.6) is 0 Å². The molecule has 2 aromatic rings. The molecule has 1 aliphatic heterocycles. The first-order valence-electron chi connectivity index (χ1n) is 11.0. The molecule has 0 bridgehead atoms. The molecular formula is C25H31ClN2O5. The molecule has 8 heteroatoms. The van der Waals surface area contributed by atoms with Gasteiger partial charge < -0.3 is 14.7 Å². The lowest BCUT2D eigenvalue weighted by atomic mass is 9.93. The van der Waals surface area contributed by atoms with Crippen molar-refractivity contribution in [3.63, 3.8) is 0 Å². The zero-order chi connectivity index (χ0) is 23.1. The van der Waals surface area contributed by atoms with Crippen molar-refractivity contribution in [3.8, 4) is 0 Å². The maximum absolute atomic E-state index is 13.3. The number of carbonyl (C=O) groups is 3. The smallest absolute Gasteiger partial charge is 0.326 e. The molecule has 3 atom stereocenters. The van der Waals surface area contributed by atoms with Crippen LogP contribution in [0.25, 0.3) is 0 Å². The number of amides is 1. The monoisotopic (exact) mass is 474 g/mol. The van der Waals surface area contributed by atoms with Gasteiger partial charge in [0.1, 0.15) is 12.1 Å². The van der Waals surface area contributed by atoms with Crippen molar-refractivity contribution in [3.05, 3.63) is 71.3 Å². The Balaban J connectivity index is 0.00000385. The van der Waals surface area contributed by atoms with Crippen LogP contribution in [0.3, 0.4) is 0 Å². The van der Waals surface area contributed by atoms with Gasteiger partial charge in [-0.05, 0) is 43.4 Å². The third-order valence-electron chi connectivity index (χ3n) is 5.77. The molecular weight excluding hydrogens is 444 g/mol. The Bertz CT molecular complexity index is 953. The molecule has 2 N–H and O–H groups in total. The van der Waals surface area contributed by atoms with Crippen molar-refractivity contribution in [1.82, 2.24) is 10.2 Å². The lowest BCUT2D eigenvalue weighted by Gasteiger charge is -2.36. The predicted octanol–water partition coefficient (Wildman–Crippen LogP) is 2.99. The van der Waals surface area contributed by atoms with Gasteiger partial charge in [-0.15, -0.1) is 12.4 Å². The van der Waals surface area contributed by atoms with Crippen molar-refractivity contribution in [1.29, 1.82) is 0 Å². The van der Waals surface area contributed by atoms with Gasteiger partial charge in [0, 0.05) is 13.0 Å². The van der Waals surface area contributed by atoms with Gasteiger partial charge in [-0.2, -0.15) is 0 Å². The molecule has 0 radical (unpaired) electrons. The van der Waals surface area contributed by atoms with Crippen molar-refractivity contribution in [2.75, 3.05) is 6.61 Å². The quantitative estimate of drug-likeness (QED) is 0.542. The van der Waals surface area contributed by atoms with Crippen LogP contribution in [0.4, 0.5) is 0 Å². The van der Waals surface area contributed by atoms with E-state index < -0.39 is 30.1 Å². The Hall–Kier alpha value is -2.90. The summed E-state index contributed by atoms with van der Waals surface area (Å²) in [6.07, 6.45) is 1.37. The third kappa shape index (κ3) is 6.79. The van der Waals surface area contributed by atoms with Crippen molar-refractivity contribution < 1.29 is 24.2 Å². The van der Waals surface area contributed by atoms with Gasteiger partial charge in [0.25, 0.3) is 0 Å². The number of carboxylic acid groups (broad SMARTS) is 1. The van der Waals surface area contributed by atoms with Crippen LogP contribution in [-0.4, -0.2) is 52.6 Å². The van der Waals surface area contributed by atoms with Gasteiger partial charge in [-0.1, -0.05) is 54.6 Å². The predicted molar refractivity (Wildman–Crippen MR) is 127 cm³/mol. The van der Waals surface area contributed by atoms with E-state index in [0.717, 1.165) is 16.7 Å². The number of halogens is 1. The molecule has 3 rings (SSSR count). The molecule has 0 unspecified atom stereocenters.